The van der Waals surface area contributed by atoms with E-state index in [1.54, 1.807) is 13.1 Å². The fraction of sp³-hybridized carbons (Fsp3) is 0.533. The number of amides is 2. The van der Waals surface area contributed by atoms with Gasteiger partial charge in [-0.25, -0.2) is 4.39 Å². The number of fused-ring (bicyclic) bond motifs is 1. The van der Waals surface area contributed by atoms with Gasteiger partial charge in [0.25, 0.3) is 11.5 Å². The molecule has 1 saturated carbocycles. The van der Waals surface area contributed by atoms with Crippen LogP contribution in [-0.2, 0) is 16.6 Å². The normalized spacial score (nSPS) is 23.7. The molecule has 2 saturated heterocycles. The molecular weight excluding hydrogens is 499 g/mol. The van der Waals surface area contributed by atoms with E-state index in [0.29, 0.717) is 61.0 Å². The van der Waals surface area contributed by atoms with Gasteiger partial charge in [-0.15, -0.1) is 0 Å². The van der Waals surface area contributed by atoms with E-state index < -0.39 is 0 Å². The number of hydrogen-bond donors (Lipinski definition) is 1. The number of nitrogens with zero attached hydrogens (tertiary/aromatic N) is 3. The Kier molecular flexibility index (Phi) is 7.71. The van der Waals surface area contributed by atoms with Crippen LogP contribution in [-0.4, -0.2) is 64.7 Å². The fourth-order valence-corrected chi connectivity index (χ4v) is 6.58. The van der Waals surface area contributed by atoms with Crippen molar-refractivity contribution in [1.82, 2.24) is 19.7 Å². The van der Waals surface area contributed by atoms with Gasteiger partial charge in [0.2, 0.25) is 5.91 Å². The summed E-state index contributed by atoms with van der Waals surface area (Å²) in [5, 5.41) is 3.09. The topological polar surface area (TPSA) is 91.7 Å². The van der Waals surface area contributed by atoms with E-state index in [2.05, 4.69) is 10.2 Å². The SMILES string of the molecule is Cc1cc(=O)n(C)c(C)c1C(=O)N1CC2CN(CC[C@H](NC(=O)C3CCC(=O)C3)c3cccc(F)c3)CC2C1. The second kappa shape index (κ2) is 11.0. The predicted molar refractivity (Wildman–Crippen MR) is 145 cm³/mol. The van der Waals surface area contributed by atoms with E-state index in [4.69, 9.17) is 0 Å². The summed E-state index contributed by atoms with van der Waals surface area (Å²) in [4.78, 5) is 54.4. The van der Waals surface area contributed by atoms with Gasteiger partial charge in [-0.3, -0.25) is 19.2 Å². The van der Waals surface area contributed by atoms with Gasteiger partial charge >= 0.3 is 0 Å². The van der Waals surface area contributed by atoms with E-state index in [1.807, 2.05) is 24.8 Å². The zero-order valence-electron chi connectivity index (χ0n) is 22.9. The van der Waals surface area contributed by atoms with E-state index in [1.165, 1.54) is 22.8 Å². The molecule has 0 spiro atoms. The van der Waals surface area contributed by atoms with Crippen LogP contribution in [0.2, 0.25) is 0 Å². The van der Waals surface area contributed by atoms with Crippen LogP contribution in [0.15, 0.2) is 35.1 Å². The van der Waals surface area contributed by atoms with Crippen LogP contribution in [0.1, 0.15) is 58.9 Å². The lowest BCUT2D eigenvalue weighted by atomic mass is 10.0. The summed E-state index contributed by atoms with van der Waals surface area (Å²) < 4.78 is 15.5. The molecule has 1 aromatic carbocycles. The van der Waals surface area contributed by atoms with Crippen molar-refractivity contribution in [2.75, 3.05) is 32.7 Å². The standard InChI is InChI=1S/C30H37FN4O4/c1-18-11-27(37)33(3)19(2)28(18)30(39)35-16-22-14-34(15-23(22)17-35)10-9-26(20-5-4-6-24(31)12-20)32-29(38)21-7-8-25(36)13-21/h4-6,11-12,21-23,26H,7-10,13-17H2,1-3H3,(H,32,38)/t21?,22?,23?,26-/m0/s1. The Hall–Kier alpha value is -3.33. The number of benzene rings is 1. The van der Waals surface area contributed by atoms with Crippen molar-refractivity contribution in [3.63, 3.8) is 0 Å². The maximum atomic E-state index is 14.0. The smallest absolute Gasteiger partial charge is 0.255 e. The van der Waals surface area contributed by atoms with Crippen molar-refractivity contribution < 1.29 is 18.8 Å². The Balaban J connectivity index is 1.20. The van der Waals surface area contributed by atoms with Crippen LogP contribution in [0.25, 0.3) is 0 Å². The molecule has 3 heterocycles. The summed E-state index contributed by atoms with van der Waals surface area (Å²) in [6.07, 6.45) is 1.93. The highest BCUT2D eigenvalue weighted by atomic mass is 19.1. The third-order valence-corrected chi connectivity index (χ3v) is 8.91. The largest absolute Gasteiger partial charge is 0.349 e. The molecule has 3 unspecified atom stereocenters. The molecule has 8 nitrogen and oxygen atoms in total. The van der Waals surface area contributed by atoms with E-state index in [-0.39, 0.29) is 47.4 Å². The van der Waals surface area contributed by atoms with Crippen LogP contribution in [0.3, 0.4) is 0 Å². The number of carbonyl (C=O) groups excluding carboxylic acids is 3. The summed E-state index contributed by atoms with van der Waals surface area (Å²) in [6.45, 7) is 7.46. The molecule has 9 heteroatoms. The van der Waals surface area contributed by atoms with Crippen molar-refractivity contribution in [2.24, 2.45) is 24.8 Å². The molecule has 4 atom stereocenters. The first kappa shape index (κ1) is 27.2. The third-order valence-electron chi connectivity index (χ3n) is 8.91. The Morgan fingerprint density at radius 2 is 1.79 bits per heavy atom. The Bertz CT molecular complexity index is 1340. The van der Waals surface area contributed by atoms with Crippen LogP contribution in [0.4, 0.5) is 4.39 Å². The molecule has 5 rings (SSSR count). The van der Waals surface area contributed by atoms with Crippen LogP contribution < -0.4 is 10.9 Å². The molecule has 1 N–H and O–H groups in total. The summed E-state index contributed by atoms with van der Waals surface area (Å²) in [5.74, 6) is 0.0694. The number of rotatable bonds is 7. The zero-order chi connectivity index (χ0) is 27.8. The zero-order valence-corrected chi connectivity index (χ0v) is 22.9. The van der Waals surface area contributed by atoms with Crippen molar-refractivity contribution in [1.29, 1.82) is 0 Å². The maximum Gasteiger partial charge on any atom is 0.255 e. The maximum absolute atomic E-state index is 14.0. The number of aryl methyl sites for hydroxylation is 1. The number of pyridine rings is 1. The number of carbonyl (C=O) groups is 3. The van der Waals surface area contributed by atoms with Crippen molar-refractivity contribution >= 4 is 17.6 Å². The van der Waals surface area contributed by atoms with Gasteiger partial charge in [0.15, 0.2) is 0 Å². The molecule has 1 aliphatic carbocycles. The van der Waals surface area contributed by atoms with E-state index >= 15 is 0 Å². The second-order valence-electron chi connectivity index (χ2n) is 11.6. The highest BCUT2D eigenvalue weighted by Crippen LogP contribution is 2.33. The van der Waals surface area contributed by atoms with Crippen molar-refractivity contribution in [3.05, 3.63) is 68.9 Å². The lowest BCUT2D eigenvalue weighted by Gasteiger charge is -2.26. The van der Waals surface area contributed by atoms with E-state index in [0.717, 1.165) is 25.2 Å². The molecule has 2 amide bonds. The highest BCUT2D eigenvalue weighted by molar-refractivity contribution is 5.97. The van der Waals surface area contributed by atoms with Crippen molar-refractivity contribution in [2.45, 2.75) is 45.6 Å². The van der Waals surface area contributed by atoms with Crippen LogP contribution in [0.5, 0.6) is 0 Å². The number of ketones is 1. The molecule has 208 valence electrons. The fourth-order valence-electron chi connectivity index (χ4n) is 6.58. The molecule has 1 aromatic heterocycles. The first-order chi connectivity index (χ1) is 18.6. The second-order valence-corrected chi connectivity index (χ2v) is 11.6. The number of hydrogen-bond acceptors (Lipinski definition) is 5. The van der Waals surface area contributed by atoms with E-state index in [9.17, 15) is 23.6 Å². The van der Waals surface area contributed by atoms with Gasteiger partial charge in [-0.1, -0.05) is 12.1 Å². The highest BCUT2D eigenvalue weighted by Gasteiger charge is 2.42. The average Bonchev–Trinajstić information content (AvgIpc) is 3.60. The first-order valence-corrected chi connectivity index (χ1v) is 13.9. The number of nitrogens with one attached hydrogen (secondary N) is 1. The summed E-state index contributed by atoms with van der Waals surface area (Å²) in [5.41, 5.74) is 2.64. The minimum atomic E-state index is -0.341. The number of halogens is 1. The average molecular weight is 537 g/mol. The predicted octanol–water partition coefficient (Wildman–Crippen LogP) is 2.76. The minimum absolute atomic E-state index is 0.0131. The lowest BCUT2D eigenvalue weighted by Crippen LogP contribution is -2.37. The Morgan fingerprint density at radius 1 is 1.08 bits per heavy atom. The molecule has 3 aliphatic rings. The molecule has 0 radical (unpaired) electrons. The number of likely N-dealkylation sites (tertiary alicyclic amines) is 2. The minimum Gasteiger partial charge on any atom is -0.349 e. The molecule has 2 aliphatic heterocycles. The third kappa shape index (κ3) is 5.69. The van der Waals surface area contributed by atoms with Gasteiger partial charge in [0.1, 0.15) is 11.6 Å². The summed E-state index contributed by atoms with van der Waals surface area (Å²) in [6, 6.07) is 7.54. The van der Waals surface area contributed by atoms with Gasteiger partial charge in [0, 0.05) is 70.3 Å². The Morgan fingerprint density at radius 3 is 2.44 bits per heavy atom. The lowest BCUT2D eigenvalue weighted by molar-refractivity contribution is -0.127. The van der Waals surface area contributed by atoms with Crippen molar-refractivity contribution in [3.8, 4) is 0 Å². The van der Waals surface area contributed by atoms with Gasteiger partial charge in [-0.05, 0) is 61.8 Å². The Labute approximate surface area is 228 Å². The summed E-state index contributed by atoms with van der Waals surface area (Å²) in [7, 11) is 1.69. The monoisotopic (exact) mass is 536 g/mol. The molecule has 0 bridgehead atoms. The van der Waals surface area contributed by atoms with Gasteiger partial charge < -0.3 is 19.7 Å². The molecule has 2 aromatic rings. The number of aromatic nitrogens is 1. The molecule has 3 fully saturated rings. The van der Waals surface area contributed by atoms with Crippen LogP contribution >= 0.6 is 0 Å². The summed E-state index contributed by atoms with van der Waals surface area (Å²) >= 11 is 0. The van der Waals surface area contributed by atoms with Gasteiger partial charge in [-0.2, -0.15) is 0 Å². The van der Waals surface area contributed by atoms with Crippen LogP contribution in [0, 0.1) is 37.4 Å². The molecule has 39 heavy (non-hydrogen) atoms. The molecular formula is C30H37FN4O4. The number of Topliss-reactive ketones (excluding diaryl/α,β-unsaturated/α-hetero) is 1. The van der Waals surface area contributed by atoms with Gasteiger partial charge in [0.05, 0.1) is 11.6 Å². The quantitative estimate of drug-likeness (QED) is 0.588. The first-order valence-electron chi connectivity index (χ1n) is 13.9.